The second-order valence-corrected chi connectivity index (χ2v) is 8.32. The molecule has 0 aliphatic carbocycles. The number of rotatable bonds is 10. The number of benzene rings is 2. The third-order valence-corrected chi connectivity index (χ3v) is 6.22. The van der Waals surface area contributed by atoms with Crippen molar-refractivity contribution >= 4 is 27.7 Å². The summed E-state index contributed by atoms with van der Waals surface area (Å²) in [4.78, 5) is 27.4. The van der Waals surface area contributed by atoms with Crippen LogP contribution in [-0.2, 0) is 16.1 Å². The average molecular weight is 493 g/mol. The van der Waals surface area contributed by atoms with Crippen LogP contribution in [0.4, 0.5) is 4.39 Å². The lowest BCUT2D eigenvalue weighted by Crippen LogP contribution is -2.50. The SMILES string of the molecule is CCCNC(=O)C(CC)N(Cc1ccc(F)cc1)C(=O)COc1cc(C)c(Br)c(C)c1. The summed E-state index contributed by atoms with van der Waals surface area (Å²) in [6.45, 7) is 8.29. The molecule has 7 heteroatoms. The Morgan fingerprint density at radius 3 is 2.29 bits per heavy atom. The molecule has 1 unspecified atom stereocenters. The first-order chi connectivity index (χ1) is 14.8. The first-order valence-electron chi connectivity index (χ1n) is 10.5. The lowest BCUT2D eigenvalue weighted by molar-refractivity contribution is -0.143. The number of hydrogen-bond acceptors (Lipinski definition) is 3. The number of ether oxygens (including phenoxy) is 1. The smallest absolute Gasteiger partial charge is 0.261 e. The van der Waals surface area contributed by atoms with Gasteiger partial charge in [-0.1, -0.05) is 41.9 Å². The molecule has 0 spiro atoms. The molecule has 2 rings (SSSR count). The minimum Gasteiger partial charge on any atom is -0.484 e. The summed E-state index contributed by atoms with van der Waals surface area (Å²) in [5.41, 5.74) is 2.76. The van der Waals surface area contributed by atoms with E-state index in [1.165, 1.54) is 17.0 Å². The Bertz CT molecular complexity index is 879. The van der Waals surface area contributed by atoms with Gasteiger partial charge in [0.2, 0.25) is 5.91 Å². The summed E-state index contributed by atoms with van der Waals surface area (Å²) in [5, 5.41) is 2.87. The third kappa shape index (κ3) is 7.06. The van der Waals surface area contributed by atoms with E-state index in [0.29, 0.717) is 18.7 Å². The predicted octanol–water partition coefficient (Wildman–Crippen LogP) is 4.92. The van der Waals surface area contributed by atoms with Gasteiger partial charge in [-0.2, -0.15) is 0 Å². The molecule has 0 saturated heterocycles. The summed E-state index contributed by atoms with van der Waals surface area (Å²) in [6.07, 6.45) is 1.26. The number of nitrogens with one attached hydrogen (secondary N) is 1. The molecule has 2 aromatic carbocycles. The highest BCUT2D eigenvalue weighted by Crippen LogP contribution is 2.26. The Kier molecular flexibility index (Phi) is 9.49. The van der Waals surface area contributed by atoms with Crippen LogP contribution in [-0.4, -0.2) is 35.9 Å². The van der Waals surface area contributed by atoms with Gasteiger partial charge >= 0.3 is 0 Å². The lowest BCUT2D eigenvalue weighted by Gasteiger charge is -2.30. The standard InChI is InChI=1S/C24H30BrFN2O3/c1-5-11-27-24(30)21(6-2)28(14-18-7-9-19(26)10-8-18)22(29)15-31-20-12-16(3)23(25)17(4)13-20/h7-10,12-13,21H,5-6,11,14-15H2,1-4H3,(H,27,30). The number of amides is 2. The van der Waals surface area contributed by atoms with Crippen LogP contribution in [0, 0.1) is 19.7 Å². The number of carbonyl (C=O) groups is 2. The highest BCUT2D eigenvalue weighted by molar-refractivity contribution is 9.10. The molecule has 2 aromatic rings. The fourth-order valence-corrected chi connectivity index (χ4v) is 3.52. The fraction of sp³-hybridized carbons (Fsp3) is 0.417. The number of aryl methyl sites for hydroxylation is 2. The molecule has 5 nitrogen and oxygen atoms in total. The summed E-state index contributed by atoms with van der Waals surface area (Å²) in [7, 11) is 0. The van der Waals surface area contributed by atoms with Gasteiger partial charge in [-0.3, -0.25) is 9.59 Å². The maximum atomic E-state index is 13.3. The topological polar surface area (TPSA) is 58.6 Å². The zero-order valence-electron chi connectivity index (χ0n) is 18.5. The maximum absolute atomic E-state index is 13.3. The molecule has 0 radical (unpaired) electrons. The second kappa shape index (κ2) is 11.8. The van der Waals surface area contributed by atoms with Gasteiger partial charge in [0.25, 0.3) is 5.91 Å². The Morgan fingerprint density at radius 2 is 1.74 bits per heavy atom. The highest BCUT2D eigenvalue weighted by Gasteiger charge is 2.28. The van der Waals surface area contributed by atoms with Crippen molar-refractivity contribution in [2.75, 3.05) is 13.2 Å². The van der Waals surface area contributed by atoms with Crippen LogP contribution in [0.5, 0.6) is 5.75 Å². The number of hydrogen-bond donors (Lipinski definition) is 1. The van der Waals surface area contributed by atoms with Crippen LogP contribution in [0.25, 0.3) is 0 Å². The molecule has 0 bridgehead atoms. The van der Waals surface area contributed by atoms with E-state index in [0.717, 1.165) is 27.6 Å². The van der Waals surface area contributed by atoms with Crippen molar-refractivity contribution in [1.29, 1.82) is 0 Å². The van der Waals surface area contributed by atoms with Gasteiger partial charge in [0.05, 0.1) is 0 Å². The fourth-order valence-electron chi connectivity index (χ4n) is 3.29. The van der Waals surface area contributed by atoms with Gasteiger partial charge in [0, 0.05) is 17.6 Å². The summed E-state index contributed by atoms with van der Waals surface area (Å²) >= 11 is 3.52. The number of nitrogens with zero attached hydrogens (tertiary/aromatic N) is 1. The molecule has 0 saturated carbocycles. The first-order valence-corrected chi connectivity index (χ1v) is 11.3. The number of carbonyl (C=O) groups excluding carboxylic acids is 2. The van der Waals surface area contributed by atoms with Crippen LogP contribution in [0.1, 0.15) is 43.4 Å². The average Bonchev–Trinajstić information content (AvgIpc) is 2.75. The molecule has 31 heavy (non-hydrogen) atoms. The summed E-state index contributed by atoms with van der Waals surface area (Å²) in [6, 6.07) is 9.02. The van der Waals surface area contributed by atoms with Crippen molar-refractivity contribution in [2.45, 2.75) is 53.1 Å². The summed E-state index contributed by atoms with van der Waals surface area (Å²) in [5.74, 6) is -0.258. The monoisotopic (exact) mass is 492 g/mol. The van der Waals surface area contributed by atoms with E-state index in [1.807, 2.05) is 39.8 Å². The van der Waals surface area contributed by atoms with E-state index in [1.54, 1.807) is 12.1 Å². The Morgan fingerprint density at radius 1 is 1.13 bits per heavy atom. The molecule has 0 fully saturated rings. The zero-order valence-corrected chi connectivity index (χ0v) is 20.1. The van der Waals surface area contributed by atoms with E-state index in [9.17, 15) is 14.0 Å². The molecule has 1 N–H and O–H groups in total. The molecular formula is C24H30BrFN2O3. The second-order valence-electron chi connectivity index (χ2n) is 7.52. The molecule has 0 aliphatic heterocycles. The first kappa shape index (κ1) is 24.9. The van der Waals surface area contributed by atoms with Crippen LogP contribution in [0.2, 0.25) is 0 Å². The van der Waals surface area contributed by atoms with Gasteiger partial charge in [0.15, 0.2) is 6.61 Å². The van der Waals surface area contributed by atoms with Crippen molar-refractivity contribution in [2.24, 2.45) is 0 Å². The quantitative estimate of drug-likeness (QED) is 0.512. The molecule has 0 aliphatic rings. The van der Waals surface area contributed by atoms with Crippen molar-refractivity contribution in [3.63, 3.8) is 0 Å². The van der Waals surface area contributed by atoms with Gasteiger partial charge in [0.1, 0.15) is 17.6 Å². The Balaban J connectivity index is 2.21. The molecule has 2 amide bonds. The maximum Gasteiger partial charge on any atom is 0.261 e. The minimum absolute atomic E-state index is 0.193. The molecule has 1 atom stereocenters. The summed E-state index contributed by atoms with van der Waals surface area (Å²) < 4.78 is 20.1. The molecule has 0 aromatic heterocycles. The Labute approximate surface area is 192 Å². The van der Waals surface area contributed by atoms with Gasteiger partial charge in [-0.25, -0.2) is 4.39 Å². The highest BCUT2D eigenvalue weighted by atomic mass is 79.9. The van der Waals surface area contributed by atoms with Gasteiger partial charge in [-0.15, -0.1) is 0 Å². The van der Waals surface area contributed by atoms with Crippen molar-refractivity contribution in [1.82, 2.24) is 10.2 Å². The van der Waals surface area contributed by atoms with Crippen LogP contribution in [0.15, 0.2) is 40.9 Å². The predicted molar refractivity (Wildman–Crippen MR) is 123 cm³/mol. The van der Waals surface area contributed by atoms with E-state index in [2.05, 4.69) is 21.2 Å². The van der Waals surface area contributed by atoms with Crippen molar-refractivity contribution in [3.8, 4) is 5.75 Å². The van der Waals surface area contributed by atoms with E-state index < -0.39 is 6.04 Å². The zero-order chi connectivity index (χ0) is 23.0. The van der Waals surface area contributed by atoms with Crippen LogP contribution in [0.3, 0.4) is 0 Å². The Hall–Kier alpha value is -2.41. The largest absolute Gasteiger partial charge is 0.484 e. The van der Waals surface area contributed by atoms with Crippen LogP contribution >= 0.6 is 15.9 Å². The van der Waals surface area contributed by atoms with Gasteiger partial charge in [-0.05, 0) is 67.6 Å². The minimum atomic E-state index is -0.638. The number of halogens is 2. The van der Waals surface area contributed by atoms with Gasteiger partial charge < -0.3 is 15.0 Å². The van der Waals surface area contributed by atoms with E-state index in [4.69, 9.17) is 4.74 Å². The molecule has 168 valence electrons. The van der Waals surface area contributed by atoms with E-state index >= 15 is 0 Å². The van der Waals surface area contributed by atoms with E-state index in [-0.39, 0.29) is 30.8 Å². The lowest BCUT2D eigenvalue weighted by atomic mass is 10.1. The van der Waals surface area contributed by atoms with Crippen molar-refractivity contribution < 1.29 is 18.7 Å². The normalized spacial score (nSPS) is 11.7. The molecular weight excluding hydrogens is 463 g/mol. The van der Waals surface area contributed by atoms with Crippen LogP contribution < -0.4 is 10.1 Å². The van der Waals surface area contributed by atoms with Crippen molar-refractivity contribution in [3.05, 3.63) is 63.4 Å². The molecule has 0 heterocycles. The third-order valence-electron chi connectivity index (χ3n) is 4.97.